The molecule has 20 heavy (non-hydrogen) atoms. The first-order chi connectivity index (χ1) is 9.47. The van der Waals surface area contributed by atoms with Gasteiger partial charge in [0.1, 0.15) is 0 Å². The summed E-state index contributed by atoms with van der Waals surface area (Å²) in [7, 11) is 0. The molecule has 108 valence electrons. The summed E-state index contributed by atoms with van der Waals surface area (Å²) in [6.07, 6.45) is 3.08. The molecule has 0 aromatic heterocycles. The third kappa shape index (κ3) is 3.29. The molecule has 0 heterocycles. The Bertz CT molecular complexity index is 520. The lowest BCUT2D eigenvalue weighted by molar-refractivity contribution is -0.122. The molecular formula is C15H21N3O2. The van der Waals surface area contributed by atoms with Gasteiger partial charge in [0.15, 0.2) is 0 Å². The molecular weight excluding hydrogens is 254 g/mol. The maximum absolute atomic E-state index is 12.2. The summed E-state index contributed by atoms with van der Waals surface area (Å²) in [5, 5.41) is 3.02. The van der Waals surface area contributed by atoms with Crippen molar-refractivity contribution in [1.82, 2.24) is 5.32 Å². The number of carbonyl (C=O) groups is 2. The number of hydrogen-bond acceptors (Lipinski definition) is 3. The fourth-order valence-electron chi connectivity index (χ4n) is 2.67. The maximum Gasteiger partial charge on any atom is 0.251 e. The van der Waals surface area contributed by atoms with Crippen molar-refractivity contribution in [2.45, 2.75) is 38.6 Å². The molecule has 2 rings (SSSR count). The van der Waals surface area contributed by atoms with Crippen LogP contribution in [0.3, 0.4) is 0 Å². The minimum Gasteiger partial charge on any atom is -0.399 e. The van der Waals surface area contributed by atoms with Crippen LogP contribution in [-0.4, -0.2) is 17.9 Å². The fraction of sp³-hybridized carbons (Fsp3) is 0.467. The molecule has 1 aromatic rings. The third-order valence-corrected chi connectivity index (χ3v) is 3.97. The molecule has 0 saturated heterocycles. The molecule has 1 aliphatic carbocycles. The molecule has 5 N–H and O–H groups in total. The molecule has 1 fully saturated rings. The van der Waals surface area contributed by atoms with Gasteiger partial charge in [-0.1, -0.05) is 6.07 Å². The monoisotopic (exact) mass is 275 g/mol. The Morgan fingerprint density at radius 1 is 1.20 bits per heavy atom. The highest BCUT2D eigenvalue weighted by atomic mass is 16.2. The van der Waals surface area contributed by atoms with Gasteiger partial charge in [0.25, 0.3) is 5.91 Å². The first-order valence-electron chi connectivity index (χ1n) is 6.93. The van der Waals surface area contributed by atoms with E-state index in [-0.39, 0.29) is 23.8 Å². The summed E-state index contributed by atoms with van der Waals surface area (Å²) >= 11 is 0. The van der Waals surface area contributed by atoms with Crippen LogP contribution in [-0.2, 0) is 4.79 Å². The highest BCUT2D eigenvalue weighted by Crippen LogP contribution is 2.24. The van der Waals surface area contributed by atoms with Gasteiger partial charge in [-0.3, -0.25) is 9.59 Å². The van der Waals surface area contributed by atoms with Crippen LogP contribution < -0.4 is 16.8 Å². The van der Waals surface area contributed by atoms with E-state index in [9.17, 15) is 9.59 Å². The number of carbonyl (C=O) groups excluding carboxylic acids is 2. The van der Waals surface area contributed by atoms with E-state index in [0.29, 0.717) is 11.3 Å². The largest absolute Gasteiger partial charge is 0.399 e. The summed E-state index contributed by atoms with van der Waals surface area (Å²) in [6.45, 7) is 1.89. The first kappa shape index (κ1) is 14.4. The smallest absolute Gasteiger partial charge is 0.251 e. The van der Waals surface area contributed by atoms with Crippen LogP contribution in [0.1, 0.15) is 41.6 Å². The molecule has 0 atom stereocenters. The molecule has 0 bridgehead atoms. The molecule has 0 aliphatic heterocycles. The first-order valence-corrected chi connectivity index (χ1v) is 6.93. The molecule has 2 amide bonds. The van der Waals surface area contributed by atoms with E-state index >= 15 is 0 Å². The van der Waals surface area contributed by atoms with Gasteiger partial charge in [0, 0.05) is 23.2 Å². The predicted octanol–water partition coefficient (Wildman–Crippen LogP) is 1.35. The molecule has 0 unspecified atom stereocenters. The van der Waals surface area contributed by atoms with Crippen LogP contribution in [0.5, 0.6) is 0 Å². The van der Waals surface area contributed by atoms with Gasteiger partial charge in [-0.2, -0.15) is 0 Å². The lowest BCUT2D eigenvalue weighted by atomic mass is 9.85. The quantitative estimate of drug-likeness (QED) is 0.726. The molecule has 1 aromatic carbocycles. The maximum atomic E-state index is 12.2. The van der Waals surface area contributed by atoms with Crippen molar-refractivity contribution in [1.29, 1.82) is 0 Å². The summed E-state index contributed by atoms with van der Waals surface area (Å²) < 4.78 is 0. The zero-order valence-corrected chi connectivity index (χ0v) is 11.7. The van der Waals surface area contributed by atoms with Crippen molar-refractivity contribution in [2.24, 2.45) is 11.7 Å². The van der Waals surface area contributed by atoms with E-state index in [4.69, 9.17) is 11.5 Å². The Morgan fingerprint density at radius 2 is 1.85 bits per heavy atom. The SMILES string of the molecule is Cc1ccc(N)cc1C(=O)NC1CCC(C(N)=O)CC1. The van der Waals surface area contributed by atoms with Crippen LogP contribution in [0.2, 0.25) is 0 Å². The molecule has 1 aliphatic rings. The second kappa shape index (κ2) is 5.94. The van der Waals surface area contributed by atoms with E-state index in [1.807, 2.05) is 13.0 Å². The van der Waals surface area contributed by atoms with Crippen LogP contribution >= 0.6 is 0 Å². The number of aryl methyl sites for hydroxylation is 1. The number of benzene rings is 1. The zero-order valence-electron chi connectivity index (χ0n) is 11.7. The van der Waals surface area contributed by atoms with Crippen molar-refractivity contribution in [2.75, 3.05) is 5.73 Å². The lowest BCUT2D eigenvalue weighted by Crippen LogP contribution is -2.40. The summed E-state index contributed by atoms with van der Waals surface area (Å²) in [5.74, 6) is -0.379. The van der Waals surface area contributed by atoms with Gasteiger partial charge in [-0.15, -0.1) is 0 Å². The van der Waals surface area contributed by atoms with Crippen molar-refractivity contribution < 1.29 is 9.59 Å². The number of primary amides is 1. The Hall–Kier alpha value is -2.04. The molecule has 0 spiro atoms. The average molecular weight is 275 g/mol. The number of nitrogens with one attached hydrogen (secondary N) is 1. The van der Waals surface area contributed by atoms with Crippen LogP contribution in [0.4, 0.5) is 5.69 Å². The van der Waals surface area contributed by atoms with E-state index in [1.54, 1.807) is 12.1 Å². The summed E-state index contributed by atoms with van der Waals surface area (Å²) in [5.41, 5.74) is 13.1. The Balaban J connectivity index is 1.96. The van der Waals surface area contributed by atoms with Gasteiger partial charge in [-0.05, 0) is 50.3 Å². The standard InChI is InChI=1S/C15H21N3O2/c1-9-2-5-11(16)8-13(9)15(20)18-12-6-3-10(4-7-12)14(17)19/h2,5,8,10,12H,3-4,6-7,16H2,1H3,(H2,17,19)(H,18,20). The number of nitrogen functional groups attached to an aromatic ring is 1. The molecule has 1 saturated carbocycles. The number of anilines is 1. The minimum absolute atomic E-state index is 0.0442. The minimum atomic E-state index is -0.235. The molecule has 0 radical (unpaired) electrons. The van der Waals surface area contributed by atoms with E-state index in [1.165, 1.54) is 0 Å². The highest BCUT2D eigenvalue weighted by Gasteiger charge is 2.26. The molecule has 5 nitrogen and oxygen atoms in total. The Kier molecular flexibility index (Phi) is 4.27. The topological polar surface area (TPSA) is 98.2 Å². The second-order valence-electron chi connectivity index (χ2n) is 5.50. The number of hydrogen-bond donors (Lipinski definition) is 3. The third-order valence-electron chi connectivity index (χ3n) is 3.97. The van der Waals surface area contributed by atoms with Gasteiger partial charge >= 0.3 is 0 Å². The zero-order chi connectivity index (χ0) is 14.7. The van der Waals surface area contributed by atoms with Crippen molar-refractivity contribution in [3.8, 4) is 0 Å². The number of nitrogens with two attached hydrogens (primary N) is 2. The normalized spacial score (nSPS) is 22.2. The van der Waals surface area contributed by atoms with Gasteiger partial charge in [0.2, 0.25) is 5.91 Å². The van der Waals surface area contributed by atoms with Crippen molar-refractivity contribution in [3.63, 3.8) is 0 Å². The number of amides is 2. The van der Waals surface area contributed by atoms with Gasteiger partial charge < -0.3 is 16.8 Å². The van der Waals surface area contributed by atoms with E-state index in [0.717, 1.165) is 31.2 Å². The second-order valence-corrected chi connectivity index (χ2v) is 5.50. The van der Waals surface area contributed by atoms with Crippen LogP contribution in [0.25, 0.3) is 0 Å². The van der Waals surface area contributed by atoms with Crippen molar-refractivity contribution >= 4 is 17.5 Å². The Labute approximate surface area is 118 Å². The van der Waals surface area contributed by atoms with E-state index < -0.39 is 0 Å². The summed E-state index contributed by atoms with van der Waals surface area (Å²) in [6, 6.07) is 5.43. The Morgan fingerprint density at radius 3 is 2.45 bits per heavy atom. The van der Waals surface area contributed by atoms with Crippen molar-refractivity contribution in [3.05, 3.63) is 29.3 Å². The highest BCUT2D eigenvalue weighted by molar-refractivity contribution is 5.96. The lowest BCUT2D eigenvalue weighted by Gasteiger charge is -2.27. The predicted molar refractivity (Wildman–Crippen MR) is 78.0 cm³/mol. The fourth-order valence-corrected chi connectivity index (χ4v) is 2.67. The summed E-state index contributed by atoms with van der Waals surface area (Å²) in [4.78, 5) is 23.4. The van der Waals surface area contributed by atoms with E-state index in [2.05, 4.69) is 5.32 Å². The molecule has 5 heteroatoms. The van der Waals surface area contributed by atoms with Gasteiger partial charge in [0.05, 0.1) is 0 Å². The van der Waals surface area contributed by atoms with Crippen LogP contribution in [0.15, 0.2) is 18.2 Å². The average Bonchev–Trinajstić information content (AvgIpc) is 2.42. The van der Waals surface area contributed by atoms with Crippen LogP contribution in [0, 0.1) is 12.8 Å². The van der Waals surface area contributed by atoms with Gasteiger partial charge in [-0.25, -0.2) is 0 Å². The number of rotatable bonds is 3.